The van der Waals surface area contributed by atoms with E-state index in [1.807, 2.05) is 18.2 Å². The van der Waals surface area contributed by atoms with Crippen molar-refractivity contribution in [3.8, 4) is 0 Å². The quantitative estimate of drug-likeness (QED) is 0.786. The van der Waals surface area contributed by atoms with Gasteiger partial charge in [-0.25, -0.2) is 0 Å². The molecular formula is C15H24BrNO3. The van der Waals surface area contributed by atoms with Gasteiger partial charge in [-0.3, -0.25) is 0 Å². The molecule has 0 aliphatic heterocycles. The molecule has 2 atom stereocenters. The first-order chi connectivity index (χ1) is 9.51. The molecule has 0 fully saturated rings. The summed E-state index contributed by atoms with van der Waals surface area (Å²) in [5.41, 5.74) is 1.97. The Morgan fingerprint density at radius 1 is 1.25 bits per heavy atom. The minimum Gasteiger partial charge on any atom is -0.389 e. The summed E-state index contributed by atoms with van der Waals surface area (Å²) >= 11 is 3.59. The van der Waals surface area contributed by atoms with E-state index in [0.717, 1.165) is 22.3 Å². The molecule has 0 spiro atoms. The molecule has 0 amide bonds. The summed E-state index contributed by atoms with van der Waals surface area (Å²) in [7, 11) is 3.40. The summed E-state index contributed by atoms with van der Waals surface area (Å²) in [5, 5.41) is 9.64. The van der Waals surface area contributed by atoms with Crippen LogP contribution in [0, 0.1) is 0 Å². The molecule has 0 saturated heterocycles. The second-order valence-corrected chi connectivity index (χ2v) is 5.73. The van der Waals surface area contributed by atoms with Crippen LogP contribution in [-0.2, 0) is 9.47 Å². The lowest BCUT2D eigenvalue weighted by atomic mass is 10.1. The summed E-state index contributed by atoms with van der Waals surface area (Å²) < 4.78 is 11.4. The molecule has 1 aromatic rings. The molecule has 0 aromatic heterocycles. The van der Waals surface area contributed by atoms with Crippen LogP contribution in [0.5, 0.6) is 0 Å². The first-order valence-electron chi connectivity index (χ1n) is 6.73. The van der Waals surface area contributed by atoms with Crippen molar-refractivity contribution < 1.29 is 14.6 Å². The first-order valence-corrected chi connectivity index (χ1v) is 7.52. The molecule has 1 rings (SSSR count). The van der Waals surface area contributed by atoms with E-state index in [4.69, 9.17) is 9.47 Å². The fourth-order valence-electron chi connectivity index (χ4n) is 2.12. The van der Waals surface area contributed by atoms with Crippen molar-refractivity contribution in [3.05, 3.63) is 28.2 Å². The third kappa shape index (κ3) is 4.74. The molecule has 20 heavy (non-hydrogen) atoms. The fourth-order valence-corrected chi connectivity index (χ4v) is 2.74. The summed E-state index contributed by atoms with van der Waals surface area (Å²) in [6.07, 6.45) is -0.468. The molecule has 0 saturated carbocycles. The predicted octanol–water partition coefficient (Wildman–Crippen LogP) is 2.99. The van der Waals surface area contributed by atoms with Gasteiger partial charge in [0.25, 0.3) is 0 Å². The van der Waals surface area contributed by atoms with Gasteiger partial charge < -0.3 is 19.5 Å². The normalized spacial score (nSPS) is 14.1. The van der Waals surface area contributed by atoms with Gasteiger partial charge in [0.15, 0.2) is 0 Å². The lowest BCUT2D eigenvalue weighted by Gasteiger charge is -2.32. The average Bonchev–Trinajstić information content (AvgIpc) is 2.40. The monoisotopic (exact) mass is 345 g/mol. The van der Waals surface area contributed by atoms with Gasteiger partial charge in [-0.15, -0.1) is 0 Å². The smallest absolute Gasteiger partial charge is 0.0762 e. The van der Waals surface area contributed by atoms with Crippen molar-refractivity contribution in [2.75, 3.05) is 38.9 Å². The van der Waals surface area contributed by atoms with Crippen molar-refractivity contribution in [2.24, 2.45) is 0 Å². The van der Waals surface area contributed by atoms with E-state index in [-0.39, 0.29) is 6.04 Å². The lowest BCUT2D eigenvalue weighted by Crippen LogP contribution is -2.38. The number of rotatable bonds is 8. The highest BCUT2D eigenvalue weighted by molar-refractivity contribution is 9.10. The van der Waals surface area contributed by atoms with E-state index in [9.17, 15) is 5.11 Å². The number of nitrogens with zero attached hydrogens (tertiary/aromatic N) is 1. The van der Waals surface area contributed by atoms with Gasteiger partial charge in [-0.2, -0.15) is 0 Å². The van der Waals surface area contributed by atoms with Crippen molar-refractivity contribution in [2.45, 2.75) is 26.0 Å². The number of hydrogen-bond donors (Lipinski definition) is 1. The third-order valence-electron chi connectivity index (χ3n) is 3.24. The molecule has 0 bridgehead atoms. The molecule has 5 heteroatoms. The van der Waals surface area contributed by atoms with E-state index >= 15 is 0 Å². The Balaban J connectivity index is 3.00. The van der Waals surface area contributed by atoms with E-state index in [1.165, 1.54) is 0 Å². The fraction of sp³-hybridized carbons (Fsp3) is 0.600. The van der Waals surface area contributed by atoms with Crippen molar-refractivity contribution in [1.82, 2.24) is 0 Å². The van der Waals surface area contributed by atoms with E-state index < -0.39 is 6.10 Å². The minimum absolute atomic E-state index is 0.240. The van der Waals surface area contributed by atoms with Crippen LogP contribution in [0.15, 0.2) is 22.7 Å². The highest BCUT2D eigenvalue weighted by atomic mass is 79.9. The molecule has 4 nitrogen and oxygen atoms in total. The number of anilines is 1. The Bertz CT molecular complexity index is 412. The van der Waals surface area contributed by atoms with Crippen LogP contribution >= 0.6 is 15.9 Å². The maximum atomic E-state index is 9.64. The van der Waals surface area contributed by atoms with Gasteiger partial charge >= 0.3 is 0 Å². The molecule has 1 unspecified atom stereocenters. The van der Waals surface area contributed by atoms with Crippen LogP contribution < -0.4 is 4.90 Å². The molecular weight excluding hydrogens is 322 g/mol. The van der Waals surface area contributed by atoms with Gasteiger partial charge in [0.2, 0.25) is 0 Å². The van der Waals surface area contributed by atoms with E-state index in [2.05, 4.69) is 27.8 Å². The molecule has 0 aliphatic rings. The van der Waals surface area contributed by atoms with Crippen molar-refractivity contribution in [1.29, 1.82) is 0 Å². The van der Waals surface area contributed by atoms with Crippen LogP contribution in [0.3, 0.4) is 0 Å². The van der Waals surface area contributed by atoms with E-state index in [1.54, 1.807) is 21.1 Å². The van der Waals surface area contributed by atoms with E-state index in [0.29, 0.717) is 13.2 Å². The van der Waals surface area contributed by atoms with Gasteiger partial charge in [0, 0.05) is 31.3 Å². The Kier molecular flexibility index (Phi) is 7.51. The number of methoxy groups -OCH3 is 2. The summed E-state index contributed by atoms with van der Waals surface area (Å²) in [6.45, 7) is 5.96. The van der Waals surface area contributed by atoms with Gasteiger partial charge in [-0.05, 0) is 47.5 Å². The van der Waals surface area contributed by atoms with Crippen molar-refractivity contribution >= 4 is 21.6 Å². The predicted molar refractivity (Wildman–Crippen MR) is 85.3 cm³/mol. The number of hydrogen-bond acceptors (Lipinski definition) is 4. The summed E-state index contributed by atoms with van der Waals surface area (Å²) in [6, 6.07) is 6.17. The van der Waals surface area contributed by atoms with Gasteiger partial charge in [-0.1, -0.05) is 6.07 Å². The maximum Gasteiger partial charge on any atom is 0.0762 e. The zero-order chi connectivity index (χ0) is 15.1. The highest BCUT2D eigenvalue weighted by Gasteiger charge is 2.17. The number of aliphatic hydroxyl groups excluding tert-OH is 1. The van der Waals surface area contributed by atoms with Crippen LogP contribution in [0.1, 0.15) is 25.5 Å². The second kappa shape index (κ2) is 8.62. The van der Waals surface area contributed by atoms with Crippen LogP contribution in [0.2, 0.25) is 0 Å². The Labute approximate surface area is 129 Å². The van der Waals surface area contributed by atoms with Crippen LogP contribution in [0.25, 0.3) is 0 Å². The third-order valence-corrected chi connectivity index (χ3v) is 3.87. The highest BCUT2D eigenvalue weighted by Crippen LogP contribution is 2.30. The SMILES string of the molecule is COCCN(c1ccc([C@H](C)O)cc1Br)C(C)COC. The molecule has 1 N–H and O–H groups in total. The van der Waals surface area contributed by atoms with Crippen LogP contribution in [0.4, 0.5) is 5.69 Å². The molecule has 114 valence electrons. The Morgan fingerprint density at radius 3 is 2.45 bits per heavy atom. The molecule has 0 aliphatic carbocycles. The number of halogens is 1. The van der Waals surface area contributed by atoms with Crippen molar-refractivity contribution in [3.63, 3.8) is 0 Å². The zero-order valence-corrected chi connectivity index (χ0v) is 14.2. The number of benzene rings is 1. The second-order valence-electron chi connectivity index (χ2n) is 4.88. The zero-order valence-electron chi connectivity index (χ0n) is 12.6. The summed E-state index contributed by atoms with van der Waals surface area (Å²) in [5.74, 6) is 0. The lowest BCUT2D eigenvalue weighted by molar-refractivity contribution is 0.171. The largest absolute Gasteiger partial charge is 0.389 e. The average molecular weight is 346 g/mol. The Hall–Kier alpha value is -0.620. The molecule has 0 heterocycles. The first kappa shape index (κ1) is 17.4. The van der Waals surface area contributed by atoms with Gasteiger partial charge in [0.05, 0.1) is 25.0 Å². The number of aliphatic hydroxyl groups is 1. The standard InChI is InChI=1S/C15H24BrNO3/c1-11(10-20-4)17(7-8-19-3)15-6-5-13(12(2)18)9-14(15)16/h5-6,9,11-12,18H,7-8,10H2,1-4H3/t11?,12-/m0/s1. The minimum atomic E-state index is -0.468. The van der Waals surface area contributed by atoms with Gasteiger partial charge in [0.1, 0.15) is 0 Å². The summed E-state index contributed by atoms with van der Waals surface area (Å²) in [4.78, 5) is 2.24. The Morgan fingerprint density at radius 2 is 1.95 bits per heavy atom. The topological polar surface area (TPSA) is 41.9 Å². The van der Waals surface area contributed by atoms with Crippen LogP contribution in [-0.4, -0.2) is 45.1 Å². The number of ether oxygens (including phenoxy) is 2. The molecule has 1 aromatic carbocycles. The molecule has 0 radical (unpaired) electrons. The maximum absolute atomic E-state index is 9.64.